The summed E-state index contributed by atoms with van der Waals surface area (Å²) in [6.45, 7) is 6.53. The van der Waals surface area contributed by atoms with Gasteiger partial charge in [-0.25, -0.2) is 0 Å². The van der Waals surface area contributed by atoms with Crippen LogP contribution < -0.4 is 0 Å². The van der Waals surface area contributed by atoms with Gasteiger partial charge >= 0.3 is 17.9 Å². The topological polar surface area (TPSA) is 78.9 Å². The van der Waals surface area contributed by atoms with E-state index in [4.69, 9.17) is 14.2 Å². The van der Waals surface area contributed by atoms with Crippen LogP contribution in [0.5, 0.6) is 0 Å². The van der Waals surface area contributed by atoms with Crippen LogP contribution in [0.15, 0.2) is 60.8 Å². The van der Waals surface area contributed by atoms with Crippen LogP contribution in [0.3, 0.4) is 0 Å². The number of esters is 3. The number of carbonyl (C=O) groups is 3. The van der Waals surface area contributed by atoms with Crippen molar-refractivity contribution in [1.82, 2.24) is 0 Å². The fourth-order valence-corrected chi connectivity index (χ4v) is 8.55. The maximum absolute atomic E-state index is 12.9. The van der Waals surface area contributed by atoms with Crippen molar-refractivity contribution in [3.8, 4) is 0 Å². The lowest BCUT2D eigenvalue weighted by Crippen LogP contribution is -2.30. The SMILES string of the molecule is CC/C=C\C/C=C\C/C=C\C/C=C\CCCCCCC(=O)OC[C@H](COC(=O)CCCCCCCCCCCCCCCCCCCCC)OC(=O)CCCCCCCCC/C=C\CCCCCC. The van der Waals surface area contributed by atoms with Crippen molar-refractivity contribution in [2.75, 3.05) is 13.2 Å². The van der Waals surface area contributed by atoms with E-state index in [-0.39, 0.29) is 31.1 Å². The Labute approximate surface area is 428 Å². The van der Waals surface area contributed by atoms with E-state index in [1.165, 1.54) is 167 Å². The molecule has 0 fully saturated rings. The Kier molecular flexibility index (Phi) is 55.3. The van der Waals surface area contributed by atoms with Crippen molar-refractivity contribution in [2.45, 2.75) is 309 Å². The second-order valence-corrected chi connectivity index (χ2v) is 19.9. The van der Waals surface area contributed by atoms with Gasteiger partial charge in [0.1, 0.15) is 13.2 Å². The Morgan fingerprint density at radius 1 is 0.304 bits per heavy atom. The third-order valence-electron chi connectivity index (χ3n) is 13.0. The molecule has 0 heterocycles. The Morgan fingerprint density at radius 3 is 0.913 bits per heavy atom. The second-order valence-electron chi connectivity index (χ2n) is 19.9. The third-order valence-corrected chi connectivity index (χ3v) is 13.0. The molecule has 0 spiro atoms. The van der Waals surface area contributed by atoms with E-state index in [1.54, 1.807) is 0 Å². The molecule has 0 saturated heterocycles. The summed E-state index contributed by atoms with van der Waals surface area (Å²) in [6.07, 6.45) is 72.1. The Hall–Kier alpha value is -2.89. The molecular formula is C63H112O6. The van der Waals surface area contributed by atoms with Crippen LogP contribution in [0.2, 0.25) is 0 Å². The summed E-state index contributed by atoms with van der Waals surface area (Å²) in [4.78, 5) is 38.2. The number of rotatable bonds is 54. The van der Waals surface area contributed by atoms with Gasteiger partial charge in [0.05, 0.1) is 0 Å². The van der Waals surface area contributed by atoms with E-state index < -0.39 is 6.10 Å². The van der Waals surface area contributed by atoms with E-state index >= 15 is 0 Å². The van der Waals surface area contributed by atoms with Gasteiger partial charge in [-0.2, -0.15) is 0 Å². The molecule has 0 N–H and O–H groups in total. The van der Waals surface area contributed by atoms with Crippen LogP contribution in [-0.4, -0.2) is 37.2 Å². The van der Waals surface area contributed by atoms with Crippen molar-refractivity contribution in [2.24, 2.45) is 0 Å². The number of hydrogen-bond donors (Lipinski definition) is 0. The van der Waals surface area contributed by atoms with E-state index in [9.17, 15) is 14.4 Å². The predicted octanol–water partition coefficient (Wildman–Crippen LogP) is 20.0. The number of allylic oxidation sites excluding steroid dienone is 10. The summed E-state index contributed by atoms with van der Waals surface area (Å²) in [6, 6.07) is 0. The highest BCUT2D eigenvalue weighted by molar-refractivity contribution is 5.71. The molecule has 0 aliphatic carbocycles. The highest BCUT2D eigenvalue weighted by atomic mass is 16.6. The van der Waals surface area contributed by atoms with Crippen molar-refractivity contribution in [3.05, 3.63) is 60.8 Å². The minimum absolute atomic E-state index is 0.0810. The smallest absolute Gasteiger partial charge is 0.306 e. The molecule has 0 bridgehead atoms. The standard InChI is InChI=1S/C63H112O6/c1-4-7-10-13-16-19-22-25-28-30-31-33-36-38-41-44-47-50-53-56-62(65)68-59-60(69-63(66)57-54-51-48-45-42-39-34-27-24-21-18-15-12-9-6-3)58-67-61(64)55-52-49-46-43-40-37-35-32-29-26-23-20-17-14-11-8-5-2/h8,11,17,20-21,24,26,29,35,37,60H,4-7,9-10,12-16,18-19,22-23,25,27-28,30-34,36,38-59H2,1-3H3/b11-8-,20-17-,24-21-,29-26-,37-35-/t60-/m1/s1. The fourth-order valence-electron chi connectivity index (χ4n) is 8.55. The molecule has 6 nitrogen and oxygen atoms in total. The maximum atomic E-state index is 12.9. The van der Waals surface area contributed by atoms with Crippen molar-refractivity contribution in [1.29, 1.82) is 0 Å². The lowest BCUT2D eigenvalue weighted by molar-refractivity contribution is -0.167. The number of carbonyl (C=O) groups excluding carboxylic acids is 3. The summed E-state index contributed by atoms with van der Waals surface area (Å²) in [5.41, 5.74) is 0. The highest BCUT2D eigenvalue weighted by Crippen LogP contribution is 2.17. The zero-order valence-electron chi connectivity index (χ0n) is 45.8. The molecule has 0 rings (SSSR count). The lowest BCUT2D eigenvalue weighted by Gasteiger charge is -2.18. The molecule has 0 unspecified atom stereocenters. The third kappa shape index (κ3) is 55.9. The van der Waals surface area contributed by atoms with Gasteiger partial charge in [-0.05, 0) is 83.5 Å². The molecule has 400 valence electrons. The summed E-state index contributed by atoms with van der Waals surface area (Å²) in [7, 11) is 0. The molecule has 6 heteroatoms. The average Bonchev–Trinajstić information content (AvgIpc) is 3.35. The van der Waals surface area contributed by atoms with Crippen LogP contribution in [0.4, 0.5) is 0 Å². The van der Waals surface area contributed by atoms with Gasteiger partial charge in [0, 0.05) is 19.3 Å². The first-order valence-corrected chi connectivity index (χ1v) is 29.8. The summed E-state index contributed by atoms with van der Waals surface area (Å²) in [5, 5.41) is 0. The molecule has 0 aliphatic heterocycles. The largest absolute Gasteiger partial charge is 0.462 e. The van der Waals surface area contributed by atoms with Gasteiger partial charge in [0.2, 0.25) is 0 Å². The molecule has 0 aromatic rings. The highest BCUT2D eigenvalue weighted by Gasteiger charge is 2.19. The Morgan fingerprint density at radius 2 is 0.565 bits per heavy atom. The molecule has 0 saturated carbocycles. The molecule has 0 aromatic heterocycles. The Bertz CT molecular complexity index is 1250. The van der Waals surface area contributed by atoms with Crippen LogP contribution in [0.25, 0.3) is 0 Å². The quantitative estimate of drug-likeness (QED) is 0.0262. The summed E-state index contributed by atoms with van der Waals surface area (Å²) < 4.78 is 16.9. The number of unbranched alkanes of at least 4 members (excludes halogenated alkanes) is 33. The monoisotopic (exact) mass is 965 g/mol. The maximum Gasteiger partial charge on any atom is 0.306 e. The van der Waals surface area contributed by atoms with Crippen molar-refractivity contribution < 1.29 is 28.6 Å². The molecule has 0 amide bonds. The lowest BCUT2D eigenvalue weighted by atomic mass is 10.0. The first kappa shape index (κ1) is 66.1. The zero-order valence-corrected chi connectivity index (χ0v) is 45.8. The molecule has 0 aliphatic rings. The molecule has 0 radical (unpaired) electrons. The fraction of sp³-hybridized carbons (Fsp3) is 0.794. The first-order chi connectivity index (χ1) is 34.0. The van der Waals surface area contributed by atoms with Gasteiger partial charge in [0.25, 0.3) is 0 Å². The minimum atomic E-state index is -0.785. The van der Waals surface area contributed by atoms with E-state index in [2.05, 4.69) is 81.5 Å². The minimum Gasteiger partial charge on any atom is -0.462 e. The molecule has 69 heavy (non-hydrogen) atoms. The normalized spacial score (nSPS) is 12.4. The van der Waals surface area contributed by atoms with Gasteiger partial charge in [-0.1, -0.05) is 261 Å². The molecular weight excluding hydrogens is 853 g/mol. The zero-order chi connectivity index (χ0) is 50.0. The first-order valence-electron chi connectivity index (χ1n) is 29.8. The van der Waals surface area contributed by atoms with E-state index in [0.717, 1.165) is 96.3 Å². The van der Waals surface area contributed by atoms with Gasteiger partial charge in [0.15, 0.2) is 6.10 Å². The second kappa shape index (κ2) is 57.7. The van der Waals surface area contributed by atoms with E-state index in [0.29, 0.717) is 19.3 Å². The van der Waals surface area contributed by atoms with Gasteiger partial charge in [-0.15, -0.1) is 0 Å². The van der Waals surface area contributed by atoms with Crippen LogP contribution in [0.1, 0.15) is 303 Å². The average molecular weight is 966 g/mol. The van der Waals surface area contributed by atoms with Crippen LogP contribution in [-0.2, 0) is 28.6 Å². The van der Waals surface area contributed by atoms with Gasteiger partial charge < -0.3 is 14.2 Å². The number of ether oxygens (including phenoxy) is 3. The predicted molar refractivity (Wildman–Crippen MR) is 298 cm³/mol. The Balaban J connectivity index is 4.37. The van der Waals surface area contributed by atoms with Gasteiger partial charge in [-0.3, -0.25) is 14.4 Å². The number of hydrogen-bond acceptors (Lipinski definition) is 6. The van der Waals surface area contributed by atoms with E-state index in [1.807, 2.05) is 0 Å². The van der Waals surface area contributed by atoms with Crippen LogP contribution >= 0.6 is 0 Å². The summed E-state index contributed by atoms with van der Waals surface area (Å²) in [5.74, 6) is -0.896. The molecule has 0 aromatic carbocycles. The summed E-state index contributed by atoms with van der Waals surface area (Å²) >= 11 is 0. The van der Waals surface area contributed by atoms with Crippen LogP contribution in [0, 0.1) is 0 Å². The van der Waals surface area contributed by atoms with Crippen molar-refractivity contribution in [3.63, 3.8) is 0 Å². The molecule has 1 atom stereocenters. The van der Waals surface area contributed by atoms with Crippen molar-refractivity contribution >= 4 is 17.9 Å².